The van der Waals surface area contributed by atoms with Crippen LogP contribution in [0, 0.1) is 5.92 Å². The summed E-state index contributed by atoms with van der Waals surface area (Å²) >= 11 is 16.3. The molecule has 3 rings (SSSR count). The van der Waals surface area contributed by atoms with Gasteiger partial charge >= 0.3 is 0 Å². The Balaban J connectivity index is 1.82. The molecular formula is C26H27BrCl2N2O3. The van der Waals surface area contributed by atoms with Gasteiger partial charge in [0.1, 0.15) is 11.8 Å². The van der Waals surface area contributed by atoms with Crippen molar-refractivity contribution in [2.24, 2.45) is 5.92 Å². The van der Waals surface area contributed by atoms with E-state index in [1.54, 1.807) is 25.1 Å². The summed E-state index contributed by atoms with van der Waals surface area (Å²) in [5.41, 5.74) is 0.578. The van der Waals surface area contributed by atoms with Gasteiger partial charge < -0.3 is 15.0 Å². The van der Waals surface area contributed by atoms with Gasteiger partial charge in [0.25, 0.3) is 5.91 Å². The van der Waals surface area contributed by atoms with Gasteiger partial charge in [-0.05, 0) is 57.7 Å². The van der Waals surface area contributed by atoms with E-state index in [1.807, 2.05) is 50.2 Å². The maximum Gasteiger partial charge on any atom is 0.261 e. The van der Waals surface area contributed by atoms with E-state index in [1.165, 1.54) is 4.90 Å². The largest absolute Gasteiger partial charge is 0.483 e. The van der Waals surface area contributed by atoms with Crippen LogP contribution in [-0.4, -0.2) is 35.9 Å². The molecule has 0 fully saturated rings. The Labute approximate surface area is 218 Å². The van der Waals surface area contributed by atoms with Crippen molar-refractivity contribution in [3.63, 3.8) is 0 Å². The number of carbonyl (C=O) groups is 2. The Morgan fingerprint density at radius 1 is 1.00 bits per heavy atom. The third-order valence-electron chi connectivity index (χ3n) is 5.42. The smallest absolute Gasteiger partial charge is 0.261 e. The molecule has 0 saturated heterocycles. The fraction of sp³-hybridized carbons (Fsp3) is 0.308. The maximum absolute atomic E-state index is 13.3. The summed E-state index contributed by atoms with van der Waals surface area (Å²) in [6.45, 7) is 6.04. The Morgan fingerprint density at radius 2 is 1.68 bits per heavy atom. The van der Waals surface area contributed by atoms with Crippen molar-refractivity contribution in [1.82, 2.24) is 10.2 Å². The van der Waals surface area contributed by atoms with Crippen LogP contribution in [0.1, 0.15) is 26.3 Å². The first-order chi connectivity index (χ1) is 16.2. The van der Waals surface area contributed by atoms with E-state index in [4.69, 9.17) is 27.9 Å². The first-order valence-electron chi connectivity index (χ1n) is 11.0. The highest BCUT2D eigenvalue weighted by Gasteiger charge is 2.28. The summed E-state index contributed by atoms with van der Waals surface area (Å²) < 4.78 is 6.64. The van der Waals surface area contributed by atoms with E-state index in [2.05, 4.69) is 21.2 Å². The quantitative estimate of drug-likeness (QED) is 0.323. The number of ether oxygens (including phenoxy) is 1. The molecule has 8 heteroatoms. The van der Waals surface area contributed by atoms with E-state index in [9.17, 15) is 9.59 Å². The van der Waals surface area contributed by atoms with Gasteiger partial charge in [-0.1, -0.05) is 73.4 Å². The van der Waals surface area contributed by atoms with Crippen molar-refractivity contribution in [2.75, 3.05) is 13.2 Å². The zero-order valence-corrected chi connectivity index (χ0v) is 22.4. The van der Waals surface area contributed by atoms with Crippen LogP contribution >= 0.6 is 39.1 Å². The number of fused-ring (bicyclic) bond motifs is 1. The number of hydrogen-bond donors (Lipinski definition) is 1. The molecule has 180 valence electrons. The Morgan fingerprint density at radius 3 is 2.35 bits per heavy atom. The molecular weight excluding hydrogens is 539 g/mol. The molecule has 2 amide bonds. The molecule has 5 nitrogen and oxygen atoms in total. The molecule has 1 atom stereocenters. The fourth-order valence-corrected chi connectivity index (χ4v) is 4.56. The van der Waals surface area contributed by atoms with Gasteiger partial charge in [-0.25, -0.2) is 0 Å². The number of halogens is 3. The van der Waals surface area contributed by atoms with Crippen molar-refractivity contribution in [1.29, 1.82) is 0 Å². The zero-order chi connectivity index (χ0) is 24.8. The number of carbonyl (C=O) groups excluding carboxylic acids is 2. The van der Waals surface area contributed by atoms with Crippen LogP contribution in [0.2, 0.25) is 10.0 Å². The molecule has 0 bridgehead atoms. The van der Waals surface area contributed by atoms with Crippen LogP contribution in [-0.2, 0) is 16.1 Å². The number of nitrogens with zero attached hydrogens (tertiary/aromatic N) is 1. The first-order valence-corrected chi connectivity index (χ1v) is 12.5. The minimum absolute atomic E-state index is 0.0792. The lowest BCUT2D eigenvalue weighted by atomic mass is 10.1. The second kappa shape index (κ2) is 11.9. The molecule has 34 heavy (non-hydrogen) atoms. The summed E-state index contributed by atoms with van der Waals surface area (Å²) in [6.07, 6.45) is 0. The molecule has 0 spiro atoms. The van der Waals surface area contributed by atoms with Gasteiger partial charge in [-0.3, -0.25) is 9.59 Å². The van der Waals surface area contributed by atoms with Crippen molar-refractivity contribution >= 4 is 61.7 Å². The summed E-state index contributed by atoms with van der Waals surface area (Å²) in [7, 11) is 0. The summed E-state index contributed by atoms with van der Waals surface area (Å²) in [5.74, 6) is 0.215. The predicted molar refractivity (Wildman–Crippen MR) is 141 cm³/mol. The molecule has 0 aromatic heterocycles. The maximum atomic E-state index is 13.3. The average Bonchev–Trinajstić information content (AvgIpc) is 2.81. The van der Waals surface area contributed by atoms with Crippen molar-refractivity contribution < 1.29 is 14.3 Å². The Kier molecular flexibility index (Phi) is 9.23. The predicted octanol–water partition coefficient (Wildman–Crippen LogP) is 6.48. The lowest BCUT2D eigenvalue weighted by Crippen LogP contribution is -2.49. The van der Waals surface area contributed by atoms with Gasteiger partial charge in [-0.2, -0.15) is 0 Å². The standard InChI is InChI=1S/C26H27BrCl2N2O3/c1-16(2)13-30-26(33)17(3)31(14-20-21(28)9-6-10-22(20)29)24(32)15-34-23-12-11-18-7-4-5-8-19(18)25(23)27/h4-12,16-17H,13-15H2,1-3H3,(H,30,33). The van der Waals surface area contributed by atoms with Gasteiger partial charge in [0.15, 0.2) is 6.61 Å². The minimum atomic E-state index is -0.748. The van der Waals surface area contributed by atoms with Crippen molar-refractivity contribution in [3.8, 4) is 5.75 Å². The highest BCUT2D eigenvalue weighted by Crippen LogP contribution is 2.33. The number of benzene rings is 3. The van der Waals surface area contributed by atoms with E-state index >= 15 is 0 Å². The van der Waals surface area contributed by atoms with E-state index in [-0.39, 0.29) is 30.9 Å². The SMILES string of the molecule is CC(C)CNC(=O)C(C)N(Cc1c(Cl)cccc1Cl)C(=O)COc1ccc2ccccc2c1Br. The molecule has 0 heterocycles. The van der Waals surface area contributed by atoms with Gasteiger partial charge in [0.05, 0.1) is 4.47 Å². The van der Waals surface area contributed by atoms with Crippen LogP contribution < -0.4 is 10.1 Å². The summed E-state index contributed by atoms with van der Waals surface area (Å²) in [6, 6.07) is 16.0. The van der Waals surface area contributed by atoms with Crippen LogP contribution in [0.3, 0.4) is 0 Å². The van der Waals surface area contributed by atoms with E-state index < -0.39 is 6.04 Å². The molecule has 1 N–H and O–H groups in total. The average molecular weight is 566 g/mol. The van der Waals surface area contributed by atoms with Crippen LogP contribution in [0.15, 0.2) is 59.1 Å². The van der Waals surface area contributed by atoms with Crippen molar-refractivity contribution in [3.05, 3.63) is 74.7 Å². The highest BCUT2D eigenvalue weighted by atomic mass is 79.9. The monoisotopic (exact) mass is 564 g/mol. The second-order valence-electron chi connectivity index (χ2n) is 8.42. The van der Waals surface area contributed by atoms with E-state index in [0.717, 1.165) is 15.2 Å². The highest BCUT2D eigenvalue weighted by molar-refractivity contribution is 9.10. The lowest BCUT2D eigenvalue weighted by molar-refractivity contribution is -0.142. The fourth-order valence-electron chi connectivity index (χ4n) is 3.44. The molecule has 0 radical (unpaired) electrons. The third-order valence-corrected chi connectivity index (χ3v) is 6.95. The number of amides is 2. The lowest BCUT2D eigenvalue weighted by Gasteiger charge is -2.29. The Hall–Kier alpha value is -2.28. The van der Waals surface area contributed by atoms with Gasteiger partial charge in [0, 0.05) is 28.7 Å². The van der Waals surface area contributed by atoms with Crippen LogP contribution in [0.4, 0.5) is 0 Å². The first kappa shape index (κ1) is 26.3. The Bertz CT molecular complexity index is 1170. The van der Waals surface area contributed by atoms with Gasteiger partial charge in [-0.15, -0.1) is 0 Å². The number of hydrogen-bond acceptors (Lipinski definition) is 3. The summed E-state index contributed by atoms with van der Waals surface area (Å²) in [4.78, 5) is 27.6. The molecule has 1 unspecified atom stereocenters. The third kappa shape index (κ3) is 6.44. The normalized spacial score (nSPS) is 12.0. The topological polar surface area (TPSA) is 58.6 Å². The minimum Gasteiger partial charge on any atom is -0.483 e. The van der Waals surface area contributed by atoms with E-state index in [0.29, 0.717) is 27.9 Å². The zero-order valence-electron chi connectivity index (χ0n) is 19.3. The molecule has 0 saturated carbocycles. The molecule has 0 aliphatic heterocycles. The molecule has 3 aromatic carbocycles. The van der Waals surface area contributed by atoms with Crippen LogP contribution in [0.5, 0.6) is 5.75 Å². The van der Waals surface area contributed by atoms with Crippen LogP contribution in [0.25, 0.3) is 10.8 Å². The number of rotatable bonds is 9. The molecule has 0 aliphatic carbocycles. The second-order valence-corrected chi connectivity index (χ2v) is 10.0. The van der Waals surface area contributed by atoms with Gasteiger partial charge in [0.2, 0.25) is 5.91 Å². The molecule has 3 aromatic rings. The van der Waals surface area contributed by atoms with Crippen molar-refractivity contribution in [2.45, 2.75) is 33.4 Å². The molecule has 0 aliphatic rings. The summed E-state index contributed by atoms with van der Waals surface area (Å²) in [5, 5.41) is 5.78. The number of nitrogens with one attached hydrogen (secondary N) is 1.